The summed E-state index contributed by atoms with van der Waals surface area (Å²) in [5.41, 5.74) is 1.54. The van der Waals surface area contributed by atoms with Crippen LogP contribution < -0.4 is 0 Å². The molecule has 0 spiro atoms. The number of aromatic nitrogens is 1. The zero-order chi connectivity index (χ0) is 15.9. The summed E-state index contributed by atoms with van der Waals surface area (Å²) in [7, 11) is -1.72. The highest BCUT2D eigenvalue weighted by molar-refractivity contribution is 7.90. The van der Waals surface area contributed by atoms with E-state index in [0.29, 0.717) is 16.5 Å². The summed E-state index contributed by atoms with van der Waals surface area (Å²) in [4.78, 5) is 0.184. The van der Waals surface area contributed by atoms with Crippen molar-refractivity contribution in [3.8, 4) is 0 Å². The Morgan fingerprint density at radius 1 is 1.36 bits per heavy atom. The van der Waals surface area contributed by atoms with Gasteiger partial charge in [0.1, 0.15) is 11.9 Å². The van der Waals surface area contributed by atoms with Crippen LogP contribution in [0.15, 0.2) is 33.8 Å². The van der Waals surface area contributed by atoms with E-state index in [0.717, 1.165) is 30.4 Å². The van der Waals surface area contributed by atoms with Gasteiger partial charge in [-0.25, -0.2) is 8.42 Å². The second-order valence-electron chi connectivity index (χ2n) is 5.49. The number of ether oxygens (including phenoxy) is 1. The molecule has 7 heteroatoms. The van der Waals surface area contributed by atoms with Gasteiger partial charge in [0.15, 0.2) is 9.84 Å². The monoisotopic (exact) mass is 341 g/mol. The molecule has 0 aliphatic heterocycles. The number of nitrogens with zero attached hydrogens (tertiary/aromatic N) is 1. The van der Waals surface area contributed by atoms with Crippen LogP contribution in [0, 0.1) is 0 Å². The largest absolute Gasteiger partial charge is 0.372 e. The van der Waals surface area contributed by atoms with Gasteiger partial charge in [-0.05, 0) is 25.0 Å². The van der Waals surface area contributed by atoms with Crippen LogP contribution in [0.1, 0.15) is 41.8 Å². The van der Waals surface area contributed by atoms with Crippen LogP contribution in [-0.2, 0) is 14.6 Å². The van der Waals surface area contributed by atoms with Crippen molar-refractivity contribution in [2.45, 2.75) is 29.8 Å². The topological polar surface area (TPSA) is 69.4 Å². The molecule has 1 aliphatic carbocycles. The molecule has 0 saturated heterocycles. The van der Waals surface area contributed by atoms with Gasteiger partial charge >= 0.3 is 0 Å². The first-order valence-corrected chi connectivity index (χ1v) is 9.15. The SMILES string of the molecule is COC(c1ccc(S(C)(=O)=O)cc1Cl)c1cnoc1C1CC1. The second kappa shape index (κ2) is 5.68. The Morgan fingerprint density at radius 2 is 2.09 bits per heavy atom. The molecular formula is C15H16ClNO4S. The molecule has 0 amide bonds. The lowest BCUT2D eigenvalue weighted by Gasteiger charge is -2.17. The van der Waals surface area contributed by atoms with Crippen LogP contribution in [0.25, 0.3) is 0 Å². The van der Waals surface area contributed by atoms with E-state index in [1.165, 1.54) is 12.1 Å². The van der Waals surface area contributed by atoms with Gasteiger partial charge in [0.25, 0.3) is 0 Å². The molecule has 1 aliphatic rings. The summed E-state index contributed by atoms with van der Waals surface area (Å²) in [5.74, 6) is 1.22. The smallest absolute Gasteiger partial charge is 0.175 e. The summed E-state index contributed by atoms with van der Waals surface area (Å²) in [6.07, 6.45) is 4.53. The standard InChI is InChI=1S/C15H16ClNO4S/c1-20-15(12-8-17-21-14(12)9-3-4-9)11-6-5-10(7-13(11)16)22(2,18)19/h5-9,15H,3-4H2,1-2H3. The highest BCUT2D eigenvalue weighted by Gasteiger charge is 2.33. The van der Waals surface area contributed by atoms with Crippen molar-refractivity contribution in [3.63, 3.8) is 0 Å². The van der Waals surface area contributed by atoms with Crippen LogP contribution >= 0.6 is 11.6 Å². The third-order valence-corrected chi connectivity index (χ3v) is 5.21. The van der Waals surface area contributed by atoms with E-state index in [-0.39, 0.29) is 4.90 Å². The minimum Gasteiger partial charge on any atom is -0.372 e. The third-order valence-electron chi connectivity index (χ3n) is 3.78. The van der Waals surface area contributed by atoms with Gasteiger partial charge in [0, 0.05) is 35.4 Å². The molecule has 0 radical (unpaired) electrons. The fourth-order valence-corrected chi connectivity index (χ4v) is 3.47. The molecule has 0 N–H and O–H groups in total. The minimum absolute atomic E-state index is 0.184. The normalized spacial score (nSPS) is 16.7. The second-order valence-corrected chi connectivity index (χ2v) is 7.91. The van der Waals surface area contributed by atoms with Gasteiger partial charge in [-0.3, -0.25) is 0 Å². The lowest BCUT2D eigenvalue weighted by Crippen LogP contribution is -2.07. The number of hydrogen-bond acceptors (Lipinski definition) is 5. The first kappa shape index (κ1) is 15.5. The van der Waals surface area contributed by atoms with Gasteiger partial charge in [0.2, 0.25) is 0 Å². The predicted octanol–water partition coefficient (Wildman–Crippen LogP) is 3.34. The minimum atomic E-state index is -3.30. The molecule has 1 atom stereocenters. The zero-order valence-corrected chi connectivity index (χ0v) is 13.8. The maximum absolute atomic E-state index is 11.6. The first-order valence-electron chi connectivity index (χ1n) is 6.88. The van der Waals surface area contributed by atoms with Crippen molar-refractivity contribution in [2.24, 2.45) is 0 Å². The zero-order valence-electron chi connectivity index (χ0n) is 12.2. The van der Waals surface area contributed by atoms with Gasteiger partial charge < -0.3 is 9.26 Å². The third kappa shape index (κ3) is 2.91. The lowest BCUT2D eigenvalue weighted by atomic mass is 10.0. The maximum atomic E-state index is 11.6. The number of benzene rings is 1. The Morgan fingerprint density at radius 3 is 2.64 bits per heavy atom. The van der Waals surface area contributed by atoms with Crippen molar-refractivity contribution in [1.82, 2.24) is 5.16 Å². The summed E-state index contributed by atoms with van der Waals surface area (Å²) < 4.78 is 34.1. The molecule has 118 valence electrons. The number of methoxy groups -OCH3 is 1. The van der Waals surface area contributed by atoms with Gasteiger partial charge in [-0.15, -0.1) is 0 Å². The molecule has 0 bridgehead atoms. The van der Waals surface area contributed by atoms with E-state index in [1.54, 1.807) is 19.4 Å². The molecule has 1 saturated carbocycles. The molecule has 22 heavy (non-hydrogen) atoms. The molecule has 3 rings (SSSR count). The summed E-state index contributed by atoms with van der Waals surface area (Å²) in [5, 5.41) is 4.22. The Balaban J connectivity index is 2.02. The van der Waals surface area contributed by atoms with E-state index in [4.69, 9.17) is 20.9 Å². The highest BCUT2D eigenvalue weighted by atomic mass is 35.5. The Bertz CT molecular complexity index is 796. The Hall–Kier alpha value is -1.37. The van der Waals surface area contributed by atoms with Crippen LogP contribution in [0.5, 0.6) is 0 Å². The molecule has 1 aromatic carbocycles. The first-order chi connectivity index (χ1) is 10.4. The summed E-state index contributed by atoms with van der Waals surface area (Å²) >= 11 is 6.28. The number of hydrogen-bond donors (Lipinski definition) is 0. The molecular weight excluding hydrogens is 326 g/mol. The average Bonchev–Trinajstić information content (AvgIpc) is 3.19. The molecule has 1 fully saturated rings. The van der Waals surface area contributed by atoms with Crippen molar-refractivity contribution < 1.29 is 17.7 Å². The van der Waals surface area contributed by atoms with E-state index >= 15 is 0 Å². The summed E-state index contributed by atoms with van der Waals surface area (Å²) in [6.45, 7) is 0. The average molecular weight is 342 g/mol. The van der Waals surface area contributed by atoms with Gasteiger partial charge in [0.05, 0.1) is 11.1 Å². The molecule has 1 unspecified atom stereocenters. The van der Waals surface area contributed by atoms with Crippen LogP contribution in [-0.4, -0.2) is 26.9 Å². The molecule has 1 aromatic heterocycles. The van der Waals surface area contributed by atoms with Crippen molar-refractivity contribution in [3.05, 3.63) is 46.3 Å². The fourth-order valence-electron chi connectivity index (χ4n) is 2.48. The van der Waals surface area contributed by atoms with Crippen LogP contribution in [0.2, 0.25) is 5.02 Å². The van der Waals surface area contributed by atoms with E-state index in [2.05, 4.69) is 5.16 Å². The van der Waals surface area contributed by atoms with Gasteiger partial charge in [-0.2, -0.15) is 0 Å². The Labute approximate surface area is 134 Å². The van der Waals surface area contributed by atoms with E-state index < -0.39 is 15.9 Å². The molecule has 1 heterocycles. The molecule has 5 nitrogen and oxygen atoms in total. The number of rotatable bonds is 5. The number of halogens is 1. The quantitative estimate of drug-likeness (QED) is 0.834. The van der Waals surface area contributed by atoms with E-state index in [9.17, 15) is 8.42 Å². The summed E-state index contributed by atoms with van der Waals surface area (Å²) in [6, 6.07) is 4.66. The fraction of sp³-hybridized carbons (Fsp3) is 0.400. The van der Waals surface area contributed by atoms with Crippen LogP contribution in [0.3, 0.4) is 0 Å². The maximum Gasteiger partial charge on any atom is 0.175 e. The van der Waals surface area contributed by atoms with Crippen LogP contribution in [0.4, 0.5) is 0 Å². The highest BCUT2D eigenvalue weighted by Crippen LogP contribution is 2.45. The van der Waals surface area contributed by atoms with E-state index in [1.807, 2.05) is 0 Å². The van der Waals surface area contributed by atoms with Crippen molar-refractivity contribution >= 4 is 21.4 Å². The van der Waals surface area contributed by atoms with Crippen molar-refractivity contribution in [1.29, 1.82) is 0 Å². The Kier molecular flexibility index (Phi) is 4.01. The lowest BCUT2D eigenvalue weighted by molar-refractivity contribution is 0.134. The molecule has 2 aromatic rings. The van der Waals surface area contributed by atoms with Gasteiger partial charge in [-0.1, -0.05) is 22.8 Å². The predicted molar refractivity (Wildman–Crippen MR) is 81.9 cm³/mol. The number of sulfone groups is 1. The van der Waals surface area contributed by atoms with Crippen molar-refractivity contribution in [2.75, 3.05) is 13.4 Å².